The number of unbranched alkanes of at least 4 members (excludes halogenated alkanes) is 5. The summed E-state index contributed by atoms with van der Waals surface area (Å²) < 4.78 is 91.5. The summed E-state index contributed by atoms with van der Waals surface area (Å²) in [6.45, 7) is 2.07. The Morgan fingerprint density at radius 1 is 0.750 bits per heavy atom. The molecule has 1 aromatic rings. The van der Waals surface area contributed by atoms with E-state index in [0.29, 0.717) is 6.42 Å². The van der Waals surface area contributed by atoms with E-state index in [1.54, 1.807) is 6.08 Å². The van der Waals surface area contributed by atoms with Gasteiger partial charge in [0.05, 0.1) is 0 Å². The van der Waals surface area contributed by atoms with Crippen molar-refractivity contribution in [2.45, 2.75) is 58.0 Å². The van der Waals surface area contributed by atoms with E-state index in [9.17, 15) is 30.7 Å². The van der Waals surface area contributed by atoms with Crippen LogP contribution in [0.15, 0.2) is 12.2 Å². The quantitative estimate of drug-likeness (QED) is 0.210. The van der Waals surface area contributed by atoms with Crippen LogP contribution >= 0.6 is 0 Å². The molecule has 0 atom stereocenters. The maximum atomic E-state index is 13.6. The minimum atomic E-state index is -5.51. The lowest BCUT2D eigenvalue weighted by Crippen LogP contribution is -2.17. The van der Waals surface area contributed by atoms with E-state index in [0.717, 1.165) is 32.1 Å². The zero-order chi connectivity index (χ0) is 18.3. The Kier molecular flexibility index (Phi) is 7.76. The van der Waals surface area contributed by atoms with Gasteiger partial charge in [-0.3, -0.25) is 0 Å². The Bertz CT molecular complexity index is 544. The van der Waals surface area contributed by atoms with Crippen LogP contribution in [0.2, 0.25) is 0 Å². The van der Waals surface area contributed by atoms with Gasteiger partial charge in [-0.2, -0.15) is 13.2 Å². The largest absolute Gasteiger partial charge is 0.422 e. The second kappa shape index (κ2) is 9.08. The van der Waals surface area contributed by atoms with E-state index in [-0.39, 0.29) is 0 Å². The van der Waals surface area contributed by atoms with Gasteiger partial charge < -0.3 is 0 Å². The van der Waals surface area contributed by atoms with Crippen molar-refractivity contribution in [2.24, 2.45) is 0 Å². The van der Waals surface area contributed by atoms with Crippen molar-refractivity contribution in [1.29, 1.82) is 0 Å². The van der Waals surface area contributed by atoms with Crippen molar-refractivity contribution in [3.05, 3.63) is 46.5 Å². The molecule has 0 unspecified atom stereocenters. The Morgan fingerprint density at radius 3 is 1.79 bits per heavy atom. The minimum Gasteiger partial charge on any atom is -0.203 e. The first-order chi connectivity index (χ1) is 11.2. The average molecular weight is 356 g/mol. The SMILES string of the molecule is CCCCCCC/C=C\Cc1c(F)c(F)c(C(F)(F)F)c(F)c1F. The summed E-state index contributed by atoms with van der Waals surface area (Å²) in [4.78, 5) is 0. The van der Waals surface area contributed by atoms with Crippen molar-refractivity contribution in [3.8, 4) is 0 Å². The van der Waals surface area contributed by atoms with Gasteiger partial charge in [0.1, 0.15) is 5.56 Å². The summed E-state index contributed by atoms with van der Waals surface area (Å²) in [6, 6.07) is 0. The molecule has 0 aliphatic rings. The first-order valence-corrected chi connectivity index (χ1v) is 7.78. The predicted molar refractivity (Wildman–Crippen MR) is 77.5 cm³/mol. The summed E-state index contributed by atoms with van der Waals surface area (Å²) in [5.74, 6) is -8.84. The standard InChI is InChI=1S/C17H19F7/c1-2-3-4-5-6-7-8-9-10-11-13(18)15(20)12(17(22,23)24)16(21)14(11)19/h8-9H,2-7,10H2,1H3/b9-8-. The smallest absolute Gasteiger partial charge is 0.203 e. The number of rotatable bonds is 8. The molecule has 0 bridgehead atoms. The van der Waals surface area contributed by atoms with Gasteiger partial charge in [-0.25, -0.2) is 17.6 Å². The number of hydrogen-bond acceptors (Lipinski definition) is 0. The molecule has 0 heterocycles. The fourth-order valence-corrected chi connectivity index (χ4v) is 2.29. The van der Waals surface area contributed by atoms with Crippen LogP contribution in [0.4, 0.5) is 30.7 Å². The van der Waals surface area contributed by atoms with Gasteiger partial charge in [0, 0.05) is 5.56 Å². The number of halogens is 7. The van der Waals surface area contributed by atoms with Crippen LogP contribution in [-0.2, 0) is 12.6 Å². The fourth-order valence-electron chi connectivity index (χ4n) is 2.29. The molecule has 24 heavy (non-hydrogen) atoms. The van der Waals surface area contributed by atoms with E-state index in [4.69, 9.17) is 0 Å². The van der Waals surface area contributed by atoms with Gasteiger partial charge in [0.25, 0.3) is 0 Å². The molecule has 136 valence electrons. The molecule has 0 saturated carbocycles. The Balaban J connectivity index is 2.80. The van der Waals surface area contributed by atoms with E-state index in [2.05, 4.69) is 6.92 Å². The second-order valence-electron chi connectivity index (χ2n) is 5.49. The summed E-state index contributed by atoms with van der Waals surface area (Å²) in [5.41, 5.74) is -3.58. The second-order valence-corrected chi connectivity index (χ2v) is 5.49. The lowest BCUT2D eigenvalue weighted by Gasteiger charge is -2.13. The van der Waals surface area contributed by atoms with Crippen LogP contribution in [0.25, 0.3) is 0 Å². The number of hydrogen-bond donors (Lipinski definition) is 0. The normalized spacial score (nSPS) is 12.3. The molecule has 0 aromatic heterocycles. The molecule has 0 spiro atoms. The highest BCUT2D eigenvalue weighted by Gasteiger charge is 2.42. The van der Waals surface area contributed by atoms with Gasteiger partial charge in [-0.1, -0.05) is 44.8 Å². The third-order valence-electron chi connectivity index (χ3n) is 3.60. The van der Waals surface area contributed by atoms with Gasteiger partial charge in [0.15, 0.2) is 23.3 Å². The Labute approximate surface area is 136 Å². The lowest BCUT2D eigenvalue weighted by molar-refractivity contribution is -0.143. The summed E-state index contributed by atoms with van der Waals surface area (Å²) in [6.07, 6.45) is 2.62. The number of allylic oxidation sites excluding steroid dienone is 2. The molecule has 0 nitrogen and oxygen atoms in total. The van der Waals surface area contributed by atoms with E-state index < -0.39 is 47.0 Å². The van der Waals surface area contributed by atoms with E-state index in [1.165, 1.54) is 6.08 Å². The molecule has 0 aliphatic carbocycles. The van der Waals surface area contributed by atoms with Crippen molar-refractivity contribution in [2.75, 3.05) is 0 Å². The molecule has 0 radical (unpaired) electrons. The van der Waals surface area contributed by atoms with Crippen LogP contribution in [0.1, 0.15) is 56.6 Å². The molecule has 7 heteroatoms. The topological polar surface area (TPSA) is 0 Å². The molecule has 0 fully saturated rings. The first kappa shape index (κ1) is 20.5. The third-order valence-corrected chi connectivity index (χ3v) is 3.60. The number of alkyl halides is 3. The molecular weight excluding hydrogens is 337 g/mol. The molecular formula is C17H19F7. The fraction of sp³-hybridized carbons (Fsp3) is 0.529. The highest BCUT2D eigenvalue weighted by atomic mass is 19.4. The summed E-state index contributed by atoms with van der Waals surface area (Å²) in [5, 5.41) is 0. The monoisotopic (exact) mass is 356 g/mol. The van der Waals surface area contributed by atoms with Gasteiger partial charge in [-0.05, 0) is 19.3 Å². The van der Waals surface area contributed by atoms with Gasteiger partial charge in [0.2, 0.25) is 0 Å². The Morgan fingerprint density at radius 2 is 1.29 bits per heavy atom. The van der Waals surface area contributed by atoms with Crippen molar-refractivity contribution in [1.82, 2.24) is 0 Å². The van der Waals surface area contributed by atoms with Gasteiger partial charge in [-0.15, -0.1) is 0 Å². The molecule has 1 aromatic carbocycles. The highest BCUT2D eigenvalue weighted by Crippen LogP contribution is 2.37. The molecule has 0 N–H and O–H groups in total. The van der Waals surface area contributed by atoms with Crippen LogP contribution in [0.5, 0.6) is 0 Å². The van der Waals surface area contributed by atoms with Crippen LogP contribution < -0.4 is 0 Å². The molecule has 0 amide bonds. The first-order valence-electron chi connectivity index (χ1n) is 7.78. The van der Waals surface area contributed by atoms with Crippen LogP contribution in [-0.4, -0.2) is 0 Å². The average Bonchev–Trinajstić information content (AvgIpc) is 2.49. The molecule has 0 aliphatic heterocycles. The van der Waals surface area contributed by atoms with Crippen LogP contribution in [0, 0.1) is 23.3 Å². The summed E-state index contributed by atoms with van der Waals surface area (Å²) in [7, 11) is 0. The maximum Gasteiger partial charge on any atom is 0.422 e. The Hall–Kier alpha value is -1.53. The lowest BCUT2D eigenvalue weighted by atomic mass is 10.0. The van der Waals surface area contributed by atoms with Gasteiger partial charge >= 0.3 is 6.18 Å². The molecule has 0 saturated heterocycles. The van der Waals surface area contributed by atoms with Crippen molar-refractivity contribution in [3.63, 3.8) is 0 Å². The maximum absolute atomic E-state index is 13.6. The predicted octanol–water partition coefficient (Wildman–Crippen LogP) is 6.72. The number of benzene rings is 1. The highest BCUT2D eigenvalue weighted by molar-refractivity contribution is 5.32. The van der Waals surface area contributed by atoms with Crippen LogP contribution in [0.3, 0.4) is 0 Å². The minimum absolute atomic E-state index is 0.515. The molecule has 1 rings (SSSR count). The third kappa shape index (κ3) is 5.24. The van der Waals surface area contributed by atoms with Crippen molar-refractivity contribution >= 4 is 0 Å². The zero-order valence-electron chi connectivity index (χ0n) is 13.3. The summed E-state index contributed by atoms with van der Waals surface area (Å²) >= 11 is 0. The van der Waals surface area contributed by atoms with E-state index >= 15 is 0 Å². The van der Waals surface area contributed by atoms with E-state index in [1.807, 2.05) is 0 Å². The van der Waals surface area contributed by atoms with Crippen molar-refractivity contribution < 1.29 is 30.7 Å². The zero-order valence-corrected chi connectivity index (χ0v) is 13.3.